The summed E-state index contributed by atoms with van der Waals surface area (Å²) in [6, 6.07) is 0.205. The second kappa shape index (κ2) is 8.33. The van der Waals surface area contributed by atoms with Gasteiger partial charge < -0.3 is 4.74 Å². The lowest BCUT2D eigenvalue weighted by atomic mass is 9.97. The summed E-state index contributed by atoms with van der Waals surface area (Å²) in [5, 5.41) is 0.0619. The lowest BCUT2D eigenvalue weighted by Gasteiger charge is -2.26. The SMILES string of the molecule is C[C@@H](N[S@](=O)C(C)(C)C)c1c(F)c(F)cc2c(=O)n(C3CC3)c(C3CCOCC3)nc12. The second-order valence-corrected chi connectivity index (χ2v) is 11.5. The highest BCUT2D eigenvalue weighted by molar-refractivity contribution is 7.84. The number of benzene rings is 1. The molecule has 2 fully saturated rings. The van der Waals surface area contributed by atoms with Crippen molar-refractivity contribution in [1.29, 1.82) is 0 Å². The van der Waals surface area contributed by atoms with E-state index in [1.807, 2.05) is 0 Å². The summed E-state index contributed by atoms with van der Waals surface area (Å²) in [5.74, 6) is -1.51. The summed E-state index contributed by atoms with van der Waals surface area (Å²) in [6.07, 6.45) is 3.21. The van der Waals surface area contributed by atoms with E-state index in [0.29, 0.717) is 19.0 Å². The summed E-state index contributed by atoms with van der Waals surface area (Å²) in [7, 11) is -1.51. The molecule has 6 nitrogen and oxygen atoms in total. The van der Waals surface area contributed by atoms with E-state index in [9.17, 15) is 13.4 Å². The zero-order valence-corrected chi connectivity index (χ0v) is 19.2. The Hall–Kier alpha value is -1.71. The van der Waals surface area contributed by atoms with Crippen molar-refractivity contribution in [3.05, 3.63) is 39.4 Å². The van der Waals surface area contributed by atoms with E-state index in [1.54, 1.807) is 32.3 Å². The molecule has 1 aliphatic heterocycles. The molecule has 2 atom stereocenters. The average Bonchev–Trinajstić information content (AvgIpc) is 3.54. The molecule has 1 aromatic carbocycles. The summed E-state index contributed by atoms with van der Waals surface area (Å²) in [4.78, 5) is 18.2. The third kappa shape index (κ3) is 4.32. The van der Waals surface area contributed by atoms with Crippen molar-refractivity contribution in [3.8, 4) is 0 Å². The van der Waals surface area contributed by atoms with Crippen LogP contribution in [0.5, 0.6) is 0 Å². The van der Waals surface area contributed by atoms with Gasteiger partial charge in [0.2, 0.25) is 0 Å². The third-order valence-electron chi connectivity index (χ3n) is 5.92. The van der Waals surface area contributed by atoms with Crippen LogP contribution < -0.4 is 10.3 Å². The van der Waals surface area contributed by atoms with Crippen molar-refractivity contribution in [1.82, 2.24) is 14.3 Å². The number of hydrogen-bond donors (Lipinski definition) is 1. The summed E-state index contributed by atoms with van der Waals surface area (Å²) in [6.45, 7) is 8.14. The molecule has 0 radical (unpaired) electrons. The fourth-order valence-corrected chi connectivity index (χ4v) is 4.84. The van der Waals surface area contributed by atoms with Crippen molar-refractivity contribution in [3.63, 3.8) is 0 Å². The molecular formula is C22H29F2N3O3S. The molecule has 1 aromatic heterocycles. The zero-order valence-electron chi connectivity index (χ0n) is 18.3. The molecule has 9 heteroatoms. The van der Waals surface area contributed by atoms with E-state index >= 15 is 4.39 Å². The molecular weight excluding hydrogens is 424 g/mol. The first-order valence-corrected chi connectivity index (χ1v) is 11.9. The van der Waals surface area contributed by atoms with Crippen LogP contribution in [0.4, 0.5) is 8.78 Å². The van der Waals surface area contributed by atoms with Crippen LogP contribution in [0, 0.1) is 11.6 Å². The summed E-state index contributed by atoms with van der Waals surface area (Å²) < 4.78 is 51.6. The number of nitrogens with one attached hydrogen (secondary N) is 1. The molecule has 0 amide bonds. The van der Waals surface area contributed by atoms with Crippen LogP contribution in [0.3, 0.4) is 0 Å². The Labute approximate surface area is 183 Å². The third-order valence-corrected chi connectivity index (χ3v) is 7.60. The average molecular weight is 454 g/mol. The number of hydrogen-bond acceptors (Lipinski definition) is 4. The van der Waals surface area contributed by atoms with Gasteiger partial charge in [-0.25, -0.2) is 22.7 Å². The van der Waals surface area contributed by atoms with E-state index in [-0.39, 0.29) is 34.0 Å². The Morgan fingerprint density at radius 3 is 2.45 bits per heavy atom. The number of rotatable bonds is 5. The highest BCUT2D eigenvalue weighted by Gasteiger charge is 2.34. The Balaban J connectivity index is 1.91. The Morgan fingerprint density at radius 1 is 1.23 bits per heavy atom. The Morgan fingerprint density at radius 2 is 1.87 bits per heavy atom. The zero-order chi connectivity index (χ0) is 22.5. The maximum absolute atomic E-state index is 15.0. The Bertz CT molecular complexity index is 1090. The van der Waals surface area contributed by atoms with Crippen molar-refractivity contribution < 1.29 is 17.7 Å². The molecule has 0 spiro atoms. The van der Waals surface area contributed by atoms with E-state index in [4.69, 9.17) is 9.72 Å². The first kappa shape index (κ1) is 22.5. The van der Waals surface area contributed by atoms with Gasteiger partial charge in [-0.2, -0.15) is 0 Å². The van der Waals surface area contributed by atoms with E-state index < -0.39 is 33.4 Å². The van der Waals surface area contributed by atoms with Gasteiger partial charge in [0.05, 0.1) is 26.6 Å². The molecule has 1 N–H and O–H groups in total. The number of nitrogens with zero attached hydrogens (tertiary/aromatic N) is 2. The van der Waals surface area contributed by atoms with E-state index in [0.717, 1.165) is 31.7 Å². The highest BCUT2D eigenvalue weighted by atomic mass is 32.2. The lowest BCUT2D eigenvalue weighted by Crippen LogP contribution is -2.35. The largest absolute Gasteiger partial charge is 0.381 e. The quantitative estimate of drug-likeness (QED) is 0.742. The van der Waals surface area contributed by atoms with E-state index in [1.165, 1.54) is 0 Å². The monoisotopic (exact) mass is 453 g/mol. The van der Waals surface area contributed by atoms with Crippen molar-refractivity contribution in [2.45, 2.75) is 76.1 Å². The van der Waals surface area contributed by atoms with Gasteiger partial charge in [-0.1, -0.05) is 0 Å². The number of halogens is 2. The molecule has 0 unspecified atom stereocenters. The van der Waals surface area contributed by atoms with Crippen LogP contribution in [0.25, 0.3) is 10.9 Å². The molecule has 2 aliphatic rings. The minimum atomic E-state index is -1.51. The molecule has 31 heavy (non-hydrogen) atoms. The first-order valence-electron chi connectivity index (χ1n) is 10.8. The number of fused-ring (bicyclic) bond motifs is 1. The molecule has 170 valence electrons. The molecule has 4 rings (SSSR count). The van der Waals surface area contributed by atoms with Crippen LogP contribution in [0.15, 0.2) is 10.9 Å². The van der Waals surface area contributed by atoms with E-state index in [2.05, 4.69) is 4.72 Å². The topological polar surface area (TPSA) is 73.2 Å². The fourth-order valence-electron chi connectivity index (χ4n) is 4.04. The molecule has 2 aromatic rings. The standard InChI is InChI=1S/C22H29F2N3O3S/c1-12(26-31(29)22(2,3)4)17-18(24)16(23)11-15-19(17)25-20(13-7-9-30-10-8-13)27(21(15)28)14-5-6-14/h11-14,26H,5-10H2,1-4H3/t12-,31-/m1/s1. The van der Waals surface area contributed by atoms with Crippen LogP contribution in [0.2, 0.25) is 0 Å². The first-order chi connectivity index (χ1) is 14.6. The van der Waals surface area contributed by atoms with Gasteiger partial charge in [0.1, 0.15) is 5.82 Å². The van der Waals surface area contributed by atoms with Gasteiger partial charge in [-0.15, -0.1) is 0 Å². The smallest absolute Gasteiger partial charge is 0.261 e. The maximum atomic E-state index is 15.0. The van der Waals surface area contributed by atoms with Gasteiger partial charge in [0.25, 0.3) is 5.56 Å². The Kier molecular flexibility index (Phi) is 6.04. The summed E-state index contributed by atoms with van der Waals surface area (Å²) >= 11 is 0. The molecule has 2 heterocycles. The highest BCUT2D eigenvalue weighted by Crippen LogP contribution is 2.39. The minimum Gasteiger partial charge on any atom is -0.381 e. The predicted octanol–water partition coefficient (Wildman–Crippen LogP) is 4.02. The van der Waals surface area contributed by atoms with Crippen molar-refractivity contribution in [2.24, 2.45) is 0 Å². The van der Waals surface area contributed by atoms with Crippen LogP contribution in [-0.4, -0.2) is 31.7 Å². The number of ether oxygens (including phenoxy) is 1. The number of aromatic nitrogens is 2. The fraction of sp³-hybridized carbons (Fsp3) is 0.636. The molecule has 1 saturated heterocycles. The van der Waals surface area contributed by atoms with Crippen LogP contribution in [0.1, 0.15) is 82.8 Å². The van der Waals surface area contributed by atoms with Gasteiger partial charge in [0, 0.05) is 36.8 Å². The van der Waals surface area contributed by atoms with Crippen LogP contribution in [-0.2, 0) is 15.7 Å². The van der Waals surface area contributed by atoms with Gasteiger partial charge in [-0.05, 0) is 59.4 Å². The van der Waals surface area contributed by atoms with Gasteiger partial charge >= 0.3 is 0 Å². The van der Waals surface area contributed by atoms with Gasteiger partial charge in [0.15, 0.2) is 11.6 Å². The van der Waals surface area contributed by atoms with Crippen molar-refractivity contribution >= 4 is 21.9 Å². The normalized spacial score (nSPS) is 20.2. The second-order valence-electron chi connectivity index (χ2n) is 9.47. The van der Waals surface area contributed by atoms with Gasteiger partial charge in [-0.3, -0.25) is 9.36 Å². The summed E-state index contributed by atoms with van der Waals surface area (Å²) in [5.41, 5.74) is -0.243. The molecule has 1 aliphatic carbocycles. The maximum Gasteiger partial charge on any atom is 0.261 e. The predicted molar refractivity (Wildman–Crippen MR) is 116 cm³/mol. The lowest BCUT2D eigenvalue weighted by molar-refractivity contribution is 0.0825. The van der Waals surface area contributed by atoms with Crippen molar-refractivity contribution in [2.75, 3.05) is 13.2 Å². The van der Waals surface area contributed by atoms with Crippen LogP contribution >= 0.6 is 0 Å². The minimum absolute atomic E-state index is 0.0272. The molecule has 0 bridgehead atoms. The molecule has 1 saturated carbocycles.